The molecule has 0 amide bonds. The molecule has 0 saturated heterocycles. The monoisotopic (exact) mass is 237 g/mol. The van der Waals surface area contributed by atoms with E-state index in [1.54, 1.807) is 6.07 Å². The fourth-order valence-electron chi connectivity index (χ4n) is 1.39. The summed E-state index contributed by atoms with van der Waals surface area (Å²) < 4.78 is 5.31. The van der Waals surface area contributed by atoms with E-state index in [0.717, 1.165) is 5.56 Å². The molecule has 0 radical (unpaired) electrons. The third-order valence-corrected chi connectivity index (χ3v) is 2.45. The first-order valence-corrected chi connectivity index (χ1v) is 5.55. The SMILES string of the molecule is CC(C)(C)c1ccc(OCCC(=O)O)c(N)c1. The highest BCUT2D eigenvalue weighted by molar-refractivity contribution is 5.66. The Morgan fingerprint density at radius 1 is 1.41 bits per heavy atom. The number of carboxylic acid groups (broad SMARTS) is 1. The van der Waals surface area contributed by atoms with Gasteiger partial charge in [0, 0.05) is 0 Å². The van der Waals surface area contributed by atoms with Gasteiger partial charge < -0.3 is 15.6 Å². The van der Waals surface area contributed by atoms with E-state index in [2.05, 4.69) is 20.8 Å². The van der Waals surface area contributed by atoms with Crippen molar-refractivity contribution in [2.45, 2.75) is 32.6 Å². The van der Waals surface area contributed by atoms with E-state index >= 15 is 0 Å². The number of nitrogens with two attached hydrogens (primary N) is 1. The third kappa shape index (κ3) is 3.98. The number of benzene rings is 1. The van der Waals surface area contributed by atoms with Gasteiger partial charge in [0.25, 0.3) is 0 Å². The summed E-state index contributed by atoms with van der Waals surface area (Å²) in [5.41, 5.74) is 7.57. The lowest BCUT2D eigenvalue weighted by atomic mass is 9.87. The Hall–Kier alpha value is -1.71. The van der Waals surface area contributed by atoms with Gasteiger partial charge in [0.1, 0.15) is 5.75 Å². The van der Waals surface area contributed by atoms with Crippen LogP contribution >= 0.6 is 0 Å². The van der Waals surface area contributed by atoms with Gasteiger partial charge in [0.15, 0.2) is 0 Å². The summed E-state index contributed by atoms with van der Waals surface area (Å²) in [5, 5.41) is 8.50. The molecule has 1 aromatic rings. The molecule has 1 rings (SSSR count). The van der Waals surface area contributed by atoms with E-state index in [-0.39, 0.29) is 18.4 Å². The number of hydrogen-bond acceptors (Lipinski definition) is 3. The van der Waals surface area contributed by atoms with Crippen LogP contribution < -0.4 is 10.5 Å². The van der Waals surface area contributed by atoms with Gasteiger partial charge >= 0.3 is 5.97 Å². The topological polar surface area (TPSA) is 72.5 Å². The number of aliphatic carboxylic acids is 1. The molecule has 3 N–H and O–H groups in total. The zero-order valence-corrected chi connectivity index (χ0v) is 10.5. The molecule has 0 bridgehead atoms. The van der Waals surface area contributed by atoms with Crippen LogP contribution in [0.15, 0.2) is 18.2 Å². The van der Waals surface area contributed by atoms with Crippen molar-refractivity contribution in [3.8, 4) is 5.75 Å². The summed E-state index contributed by atoms with van der Waals surface area (Å²) in [6, 6.07) is 5.61. The molecule has 1 aromatic carbocycles. The molecule has 0 aliphatic heterocycles. The van der Waals surface area contributed by atoms with E-state index in [1.165, 1.54) is 0 Å². The average Bonchev–Trinajstić information content (AvgIpc) is 2.18. The summed E-state index contributed by atoms with van der Waals surface area (Å²) in [6.07, 6.45) is -0.0273. The molecule has 0 aromatic heterocycles. The summed E-state index contributed by atoms with van der Waals surface area (Å²) in [6.45, 7) is 6.45. The minimum Gasteiger partial charge on any atom is -0.491 e. The fourth-order valence-corrected chi connectivity index (χ4v) is 1.39. The Labute approximate surface area is 101 Å². The van der Waals surface area contributed by atoms with Crippen molar-refractivity contribution < 1.29 is 14.6 Å². The predicted octanol–water partition coefficient (Wildman–Crippen LogP) is 2.42. The molecule has 0 aliphatic carbocycles. The molecule has 94 valence electrons. The minimum absolute atomic E-state index is 0.0273. The molecule has 0 spiro atoms. The van der Waals surface area contributed by atoms with Crippen LogP contribution in [0.2, 0.25) is 0 Å². The molecule has 0 atom stereocenters. The van der Waals surface area contributed by atoms with Crippen LogP contribution in [0, 0.1) is 0 Å². The van der Waals surface area contributed by atoms with Crippen LogP contribution in [-0.4, -0.2) is 17.7 Å². The zero-order chi connectivity index (χ0) is 13.1. The van der Waals surface area contributed by atoms with Crippen LogP contribution in [0.25, 0.3) is 0 Å². The number of carboxylic acids is 1. The average molecular weight is 237 g/mol. The molecule has 0 unspecified atom stereocenters. The smallest absolute Gasteiger partial charge is 0.306 e. The highest BCUT2D eigenvalue weighted by Gasteiger charge is 2.15. The normalized spacial score (nSPS) is 11.2. The Morgan fingerprint density at radius 3 is 2.53 bits per heavy atom. The maximum Gasteiger partial charge on any atom is 0.306 e. The van der Waals surface area contributed by atoms with Gasteiger partial charge in [-0.3, -0.25) is 4.79 Å². The lowest BCUT2D eigenvalue weighted by molar-refractivity contribution is -0.137. The highest BCUT2D eigenvalue weighted by atomic mass is 16.5. The summed E-state index contributed by atoms with van der Waals surface area (Å²) in [5.74, 6) is -0.339. The fraction of sp³-hybridized carbons (Fsp3) is 0.462. The molecule has 0 aliphatic rings. The van der Waals surface area contributed by atoms with E-state index < -0.39 is 5.97 Å². The van der Waals surface area contributed by atoms with Crippen molar-refractivity contribution in [2.24, 2.45) is 0 Å². The van der Waals surface area contributed by atoms with Crippen LogP contribution in [0.3, 0.4) is 0 Å². The Balaban J connectivity index is 2.73. The standard InChI is InChI=1S/C13H19NO3/c1-13(2,3)9-4-5-11(10(14)8-9)17-7-6-12(15)16/h4-5,8H,6-7,14H2,1-3H3,(H,15,16). The van der Waals surface area contributed by atoms with Crippen LogP contribution in [0.1, 0.15) is 32.8 Å². The summed E-state index contributed by atoms with van der Waals surface area (Å²) in [7, 11) is 0. The van der Waals surface area contributed by atoms with Crippen LogP contribution in [0.4, 0.5) is 5.69 Å². The van der Waals surface area contributed by atoms with Crippen molar-refractivity contribution in [1.29, 1.82) is 0 Å². The second kappa shape index (κ2) is 5.08. The number of carbonyl (C=O) groups is 1. The lowest BCUT2D eigenvalue weighted by Gasteiger charge is -2.20. The quantitative estimate of drug-likeness (QED) is 0.789. The second-order valence-corrected chi connectivity index (χ2v) is 4.99. The van der Waals surface area contributed by atoms with Crippen LogP contribution in [-0.2, 0) is 10.2 Å². The maximum atomic E-state index is 10.3. The molecule has 0 fully saturated rings. The highest BCUT2D eigenvalue weighted by Crippen LogP contribution is 2.29. The lowest BCUT2D eigenvalue weighted by Crippen LogP contribution is -2.12. The first kappa shape index (κ1) is 13.4. The van der Waals surface area contributed by atoms with Gasteiger partial charge in [0.2, 0.25) is 0 Å². The Bertz CT molecular complexity index is 408. The number of rotatable bonds is 4. The molecule has 4 nitrogen and oxygen atoms in total. The Kier molecular flexibility index (Phi) is 3.99. The van der Waals surface area contributed by atoms with Crippen molar-refractivity contribution in [2.75, 3.05) is 12.3 Å². The first-order valence-electron chi connectivity index (χ1n) is 5.55. The van der Waals surface area contributed by atoms with E-state index in [1.807, 2.05) is 12.1 Å². The van der Waals surface area contributed by atoms with Gasteiger partial charge in [-0.1, -0.05) is 26.8 Å². The number of nitrogen functional groups attached to an aromatic ring is 1. The van der Waals surface area contributed by atoms with Crippen molar-refractivity contribution in [1.82, 2.24) is 0 Å². The first-order chi connectivity index (χ1) is 7.80. The van der Waals surface area contributed by atoms with E-state index in [4.69, 9.17) is 15.6 Å². The predicted molar refractivity (Wildman–Crippen MR) is 67.3 cm³/mol. The molecular weight excluding hydrogens is 218 g/mol. The number of hydrogen-bond donors (Lipinski definition) is 2. The minimum atomic E-state index is -0.880. The molecule has 0 heterocycles. The molecule has 4 heteroatoms. The van der Waals surface area contributed by atoms with E-state index in [0.29, 0.717) is 11.4 Å². The summed E-state index contributed by atoms with van der Waals surface area (Å²) >= 11 is 0. The van der Waals surface area contributed by atoms with E-state index in [9.17, 15) is 4.79 Å². The largest absolute Gasteiger partial charge is 0.491 e. The molecular formula is C13H19NO3. The van der Waals surface area contributed by atoms with Gasteiger partial charge in [0.05, 0.1) is 18.7 Å². The van der Waals surface area contributed by atoms with Gasteiger partial charge in [-0.05, 0) is 23.1 Å². The van der Waals surface area contributed by atoms with Gasteiger partial charge in [-0.15, -0.1) is 0 Å². The number of anilines is 1. The van der Waals surface area contributed by atoms with Crippen molar-refractivity contribution >= 4 is 11.7 Å². The zero-order valence-electron chi connectivity index (χ0n) is 10.5. The Morgan fingerprint density at radius 2 is 2.06 bits per heavy atom. The van der Waals surface area contributed by atoms with Crippen molar-refractivity contribution in [3.05, 3.63) is 23.8 Å². The van der Waals surface area contributed by atoms with Gasteiger partial charge in [-0.25, -0.2) is 0 Å². The van der Waals surface area contributed by atoms with Crippen molar-refractivity contribution in [3.63, 3.8) is 0 Å². The summed E-state index contributed by atoms with van der Waals surface area (Å²) in [4.78, 5) is 10.3. The second-order valence-electron chi connectivity index (χ2n) is 4.99. The molecule has 0 saturated carbocycles. The van der Waals surface area contributed by atoms with Gasteiger partial charge in [-0.2, -0.15) is 0 Å². The number of ether oxygens (including phenoxy) is 1. The maximum absolute atomic E-state index is 10.3. The third-order valence-electron chi connectivity index (χ3n) is 2.45. The molecule has 17 heavy (non-hydrogen) atoms. The van der Waals surface area contributed by atoms with Crippen LogP contribution in [0.5, 0.6) is 5.75 Å².